The Morgan fingerprint density at radius 2 is 1.94 bits per heavy atom. The molecule has 6 nitrogen and oxygen atoms in total. The minimum Gasteiger partial charge on any atom is -0.481 e. The summed E-state index contributed by atoms with van der Waals surface area (Å²) in [6, 6.07) is 0. The van der Waals surface area contributed by atoms with Gasteiger partial charge in [-0.25, -0.2) is 0 Å². The van der Waals surface area contributed by atoms with Crippen molar-refractivity contribution >= 4 is 17.8 Å². The van der Waals surface area contributed by atoms with Crippen LogP contribution in [0.4, 0.5) is 0 Å². The van der Waals surface area contributed by atoms with Gasteiger partial charge in [-0.3, -0.25) is 14.4 Å². The Bertz CT molecular complexity index is 390. The van der Waals surface area contributed by atoms with Crippen LogP contribution in [0.5, 0.6) is 0 Å². The molecule has 6 heteroatoms. The average molecular weight is 254 g/mol. The first kappa shape index (κ1) is 12.9. The van der Waals surface area contributed by atoms with Crippen molar-refractivity contribution in [3.05, 3.63) is 0 Å². The number of amides is 2. The van der Waals surface area contributed by atoms with Crippen LogP contribution in [0, 0.1) is 17.8 Å². The van der Waals surface area contributed by atoms with Gasteiger partial charge in [-0.05, 0) is 0 Å². The molecule has 2 atom stereocenters. The van der Waals surface area contributed by atoms with Crippen LogP contribution in [0.1, 0.15) is 13.3 Å². The van der Waals surface area contributed by atoms with Gasteiger partial charge in [-0.1, -0.05) is 6.92 Å². The van der Waals surface area contributed by atoms with Crippen molar-refractivity contribution in [3.63, 3.8) is 0 Å². The van der Waals surface area contributed by atoms with Gasteiger partial charge in [-0.15, -0.1) is 0 Å². The number of hydrogen-bond acceptors (Lipinski definition) is 3. The summed E-state index contributed by atoms with van der Waals surface area (Å²) in [5.41, 5.74) is 0. The quantitative estimate of drug-likeness (QED) is 0.746. The van der Waals surface area contributed by atoms with Gasteiger partial charge in [0, 0.05) is 39.0 Å². The molecule has 0 spiro atoms. The van der Waals surface area contributed by atoms with Crippen molar-refractivity contribution in [2.45, 2.75) is 13.3 Å². The van der Waals surface area contributed by atoms with Crippen molar-refractivity contribution < 1.29 is 19.5 Å². The lowest BCUT2D eigenvalue weighted by Crippen LogP contribution is -2.55. The Kier molecular flexibility index (Phi) is 3.28. The first-order valence-electron chi connectivity index (χ1n) is 6.15. The molecular weight excluding hydrogens is 236 g/mol. The number of rotatable bonds is 3. The third-order valence-electron chi connectivity index (χ3n) is 4.01. The lowest BCUT2D eigenvalue weighted by molar-refractivity contribution is -0.152. The van der Waals surface area contributed by atoms with Crippen LogP contribution in [0.3, 0.4) is 0 Å². The third kappa shape index (κ3) is 2.19. The maximum absolute atomic E-state index is 12.1. The second-order valence-electron chi connectivity index (χ2n) is 5.31. The van der Waals surface area contributed by atoms with Crippen LogP contribution in [-0.4, -0.2) is 59.4 Å². The summed E-state index contributed by atoms with van der Waals surface area (Å²) < 4.78 is 0. The molecule has 0 aromatic heterocycles. The molecule has 100 valence electrons. The predicted molar refractivity (Wildman–Crippen MR) is 62.6 cm³/mol. The summed E-state index contributed by atoms with van der Waals surface area (Å²) in [6.07, 6.45) is 0.283. The summed E-state index contributed by atoms with van der Waals surface area (Å²) in [5.74, 6) is -1.44. The minimum atomic E-state index is -0.817. The molecule has 0 aliphatic carbocycles. The molecule has 2 amide bonds. The normalized spacial score (nSPS) is 26.1. The number of nitrogens with zero attached hydrogens (tertiary/aromatic N) is 2. The van der Waals surface area contributed by atoms with Crippen molar-refractivity contribution in [2.24, 2.45) is 17.8 Å². The van der Waals surface area contributed by atoms with Gasteiger partial charge in [0.2, 0.25) is 11.8 Å². The zero-order valence-electron chi connectivity index (χ0n) is 10.6. The van der Waals surface area contributed by atoms with E-state index in [9.17, 15) is 14.4 Å². The van der Waals surface area contributed by atoms with Gasteiger partial charge in [-0.2, -0.15) is 0 Å². The van der Waals surface area contributed by atoms with Crippen molar-refractivity contribution in [1.29, 1.82) is 0 Å². The molecule has 2 rings (SSSR count). The summed E-state index contributed by atoms with van der Waals surface area (Å²) in [7, 11) is 1.70. The third-order valence-corrected chi connectivity index (χ3v) is 4.01. The maximum Gasteiger partial charge on any atom is 0.306 e. The maximum atomic E-state index is 12.1. The van der Waals surface area contributed by atoms with E-state index in [1.807, 2.05) is 0 Å². The Labute approximate surface area is 106 Å². The highest BCUT2D eigenvalue weighted by Crippen LogP contribution is 2.28. The fourth-order valence-electron chi connectivity index (χ4n) is 2.50. The van der Waals surface area contributed by atoms with Gasteiger partial charge in [0.05, 0.1) is 11.8 Å². The summed E-state index contributed by atoms with van der Waals surface area (Å²) in [5, 5.41) is 8.87. The molecule has 2 aliphatic rings. The van der Waals surface area contributed by atoms with Crippen molar-refractivity contribution in [3.8, 4) is 0 Å². The van der Waals surface area contributed by atoms with E-state index in [1.54, 1.807) is 23.8 Å². The molecule has 0 bridgehead atoms. The van der Waals surface area contributed by atoms with Crippen LogP contribution < -0.4 is 0 Å². The zero-order valence-corrected chi connectivity index (χ0v) is 10.6. The largest absolute Gasteiger partial charge is 0.481 e. The molecule has 0 aromatic carbocycles. The Hall–Kier alpha value is -1.59. The number of likely N-dealkylation sites (tertiary alicyclic amines) is 2. The number of carboxylic acids is 1. The SMILES string of the molecule is CC(C(=O)O)C1CN(C(=O)C2CC(=O)N(C)C2)C1. The van der Waals surface area contributed by atoms with Crippen LogP contribution >= 0.6 is 0 Å². The number of aliphatic carboxylic acids is 1. The minimum absolute atomic E-state index is 0.00401. The topological polar surface area (TPSA) is 77.9 Å². The molecule has 2 unspecified atom stereocenters. The Balaban J connectivity index is 1.84. The summed E-state index contributed by atoms with van der Waals surface area (Å²) >= 11 is 0. The van der Waals surface area contributed by atoms with E-state index in [0.717, 1.165) is 0 Å². The van der Waals surface area contributed by atoms with Gasteiger partial charge in [0.15, 0.2) is 0 Å². The second-order valence-corrected chi connectivity index (χ2v) is 5.31. The van der Waals surface area contributed by atoms with E-state index in [0.29, 0.717) is 19.6 Å². The van der Waals surface area contributed by atoms with Crippen molar-refractivity contribution in [1.82, 2.24) is 9.80 Å². The molecule has 0 radical (unpaired) electrons. The predicted octanol–water partition coefficient (Wildman–Crippen LogP) is -0.356. The lowest BCUT2D eigenvalue weighted by Gasteiger charge is -2.42. The molecule has 2 aliphatic heterocycles. The van der Waals surface area contributed by atoms with E-state index in [-0.39, 0.29) is 30.1 Å². The average Bonchev–Trinajstić information content (AvgIpc) is 2.56. The van der Waals surface area contributed by atoms with Crippen LogP contribution in [0.25, 0.3) is 0 Å². The molecule has 18 heavy (non-hydrogen) atoms. The van der Waals surface area contributed by atoms with Gasteiger partial charge < -0.3 is 14.9 Å². The first-order chi connectivity index (χ1) is 8.40. The van der Waals surface area contributed by atoms with Gasteiger partial charge in [0.1, 0.15) is 0 Å². The Morgan fingerprint density at radius 3 is 2.39 bits per heavy atom. The first-order valence-corrected chi connectivity index (χ1v) is 6.15. The number of carbonyl (C=O) groups is 3. The van der Waals surface area contributed by atoms with Crippen LogP contribution in [0.15, 0.2) is 0 Å². The van der Waals surface area contributed by atoms with Gasteiger partial charge in [0.25, 0.3) is 0 Å². The summed E-state index contributed by atoms with van der Waals surface area (Å²) in [4.78, 5) is 37.4. The Morgan fingerprint density at radius 1 is 1.33 bits per heavy atom. The standard InChI is InChI=1S/C12H18N2O4/c1-7(12(17)18)9-5-14(6-9)11(16)8-3-10(15)13(2)4-8/h7-9H,3-6H2,1-2H3,(H,17,18). The van der Waals surface area contributed by atoms with E-state index < -0.39 is 11.9 Å². The van der Waals surface area contributed by atoms with Crippen LogP contribution in [0.2, 0.25) is 0 Å². The smallest absolute Gasteiger partial charge is 0.306 e. The summed E-state index contributed by atoms with van der Waals surface area (Å²) in [6.45, 7) is 3.15. The van der Waals surface area contributed by atoms with Crippen molar-refractivity contribution in [2.75, 3.05) is 26.7 Å². The molecular formula is C12H18N2O4. The number of carboxylic acid groups (broad SMARTS) is 1. The molecule has 2 fully saturated rings. The molecule has 1 N–H and O–H groups in total. The lowest BCUT2D eigenvalue weighted by atomic mass is 9.86. The van der Waals surface area contributed by atoms with Crippen LogP contribution in [-0.2, 0) is 14.4 Å². The molecule has 2 heterocycles. The van der Waals surface area contributed by atoms with E-state index >= 15 is 0 Å². The number of carbonyl (C=O) groups excluding carboxylic acids is 2. The van der Waals surface area contributed by atoms with E-state index in [1.165, 1.54) is 0 Å². The monoisotopic (exact) mass is 254 g/mol. The fraction of sp³-hybridized carbons (Fsp3) is 0.750. The molecule has 2 saturated heterocycles. The highest BCUT2D eigenvalue weighted by atomic mass is 16.4. The highest BCUT2D eigenvalue weighted by Gasteiger charge is 2.41. The zero-order chi connectivity index (χ0) is 13.4. The number of hydrogen-bond donors (Lipinski definition) is 1. The second kappa shape index (κ2) is 4.59. The fourth-order valence-corrected chi connectivity index (χ4v) is 2.50. The van der Waals surface area contributed by atoms with Gasteiger partial charge >= 0.3 is 5.97 Å². The molecule has 0 saturated carbocycles. The van der Waals surface area contributed by atoms with E-state index in [2.05, 4.69) is 0 Å². The molecule has 0 aromatic rings. The van der Waals surface area contributed by atoms with E-state index in [4.69, 9.17) is 5.11 Å². The highest BCUT2D eigenvalue weighted by molar-refractivity contribution is 5.89.